The zero-order chi connectivity index (χ0) is 24.6. The first-order valence-electron chi connectivity index (χ1n) is 12.4. The standard InChI is InChI=1S/C30H33NO4/c1-30(2,3)35-29(33)31-18-25(19-31)34-24-13-9-21(10-14-24)28-26(20-7-5-4-6-8-20)15-11-22-17-23(32)12-16-27(22)28/h4-10,12-14,16-17,25-26,28,32H,11,15,18-19H2,1-3H3/t26-,28+/m1/s1. The number of aromatic hydroxyl groups is 1. The zero-order valence-corrected chi connectivity index (χ0v) is 20.6. The van der Waals surface area contributed by atoms with Gasteiger partial charge in [-0.15, -0.1) is 0 Å². The fourth-order valence-corrected chi connectivity index (χ4v) is 5.21. The lowest BCUT2D eigenvalue weighted by atomic mass is 9.69. The van der Waals surface area contributed by atoms with Gasteiger partial charge in [-0.25, -0.2) is 4.79 Å². The SMILES string of the molecule is CC(C)(C)OC(=O)N1CC(Oc2ccc([C@@H]3c4ccc(O)cc4CC[C@@H]3c3ccccc3)cc2)C1. The molecular formula is C30H33NO4. The van der Waals surface area contributed by atoms with E-state index in [-0.39, 0.29) is 18.1 Å². The van der Waals surface area contributed by atoms with Crippen molar-refractivity contribution in [3.63, 3.8) is 0 Å². The summed E-state index contributed by atoms with van der Waals surface area (Å²) in [6.07, 6.45) is 1.67. The number of carbonyl (C=O) groups is 1. The predicted octanol–water partition coefficient (Wildman–Crippen LogP) is 6.25. The topological polar surface area (TPSA) is 59.0 Å². The zero-order valence-electron chi connectivity index (χ0n) is 20.6. The van der Waals surface area contributed by atoms with Gasteiger partial charge in [-0.2, -0.15) is 0 Å². The average Bonchev–Trinajstić information content (AvgIpc) is 2.80. The van der Waals surface area contributed by atoms with E-state index in [9.17, 15) is 9.90 Å². The van der Waals surface area contributed by atoms with Crippen molar-refractivity contribution in [1.82, 2.24) is 4.90 Å². The molecule has 1 N–H and O–H groups in total. The Morgan fingerprint density at radius 2 is 1.66 bits per heavy atom. The molecule has 0 aromatic heterocycles. The molecule has 1 aliphatic heterocycles. The fraction of sp³-hybridized carbons (Fsp3) is 0.367. The van der Waals surface area contributed by atoms with Gasteiger partial charge in [-0.1, -0.05) is 48.5 Å². The van der Waals surface area contributed by atoms with Gasteiger partial charge in [-0.3, -0.25) is 0 Å². The van der Waals surface area contributed by atoms with E-state index < -0.39 is 5.60 Å². The first kappa shape index (κ1) is 23.3. The highest BCUT2D eigenvalue weighted by molar-refractivity contribution is 5.69. The van der Waals surface area contributed by atoms with Crippen LogP contribution in [0.2, 0.25) is 0 Å². The molecule has 1 fully saturated rings. The van der Waals surface area contributed by atoms with Crippen LogP contribution in [-0.4, -0.2) is 40.9 Å². The van der Waals surface area contributed by atoms with Crippen molar-refractivity contribution in [3.05, 3.63) is 95.1 Å². The van der Waals surface area contributed by atoms with Crippen LogP contribution in [-0.2, 0) is 11.2 Å². The van der Waals surface area contributed by atoms with Gasteiger partial charge < -0.3 is 19.5 Å². The molecule has 1 aliphatic carbocycles. The van der Waals surface area contributed by atoms with E-state index in [4.69, 9.17) is 9.47 Å². The maximum absolute atomic E-state index is 12.2. The molecule has 0 radical (unpaired) electrons. The summed E-state index contributed by atoms with van der Waals surface area (Å²) < 4.78 is 11.5. The van der Waals surface area contributed by atoms with Crippen LogP contribution in [0.25, 0.3) is 0 Å². The van der Waals surface area contributed by atoms with Crippen molar-refractivity contribution in [2.45, 2.75) is 57.2 Å². The summed E-state index contributed by atoms with van der Waals surface area (Å²) in [4.78, 5) is 13.8. The second kappa shape index (κ2) is 9.29. The first-order valence-corrected chi connectivity index (χ1v) is 12.4. The number of carbonyl (C=O) groups excluding carboxylic acids is 1. The smallest absolute Gasteiger partial charge is 0.410 e. The summed E-state index contributed by atoms with van der Waals surface area (Å²) in [5, 5.41) is 10.0. The number of nitrogens with zero attached hydrogens (tertiary/aromatic N) is 1. The number of phenols is 1. The summed E-state index contributed by atoms with van der Waals surface area (Å²) in [6.45, 7) is 6.68. The van der Waals surface area contributed by atoms with E-state index in [2.05, 4.69) is 48.5 Å². The largest absolute Gasteiger partial charge is 0.508 e. The van der Waals surface area contributed by atoms with E-state index in [0.29, 0.717) is 24.8 Å². The lowest BCUT2D eigenvalue weighted by Gasteiger charge is -2.39. The third kappa shape index (κ3) is 5.14. The maximum atomic E-state index is 12.2. The molecule has 2 atom stereocenters. The van der Waals surface area contributed by atoms with Crippen molar-refractivity contribution in [2.75, 3.05) is 13.1 Å². The Balaban J connectivity index is 1.31. The van der Waals surface area contributed by atoms with Crippen molar-refractivity contribution >= 4 is 6.09 Å². The van der Waals surface area contributed by atoms with E-state index in [1.807, 2.05) is 39.0 Å². The number of aryl methyl sites for hydroxylation is 1. The quantitative estimate of drug-likeness (QED) is 0.488. The number of amides is 1. The van der Waals surface area contributed by atoms with E-state index in [1.54, 1.807) is 11.0 Å². The lowest BCUT2D eigenvalue weighted by molar-refractivity contribution is -0.0221. The van der Waals surface area contributed by atoms with Crippen molar-refractivity contribution in [2.24, 2.45) is 0 Å². The van der Waals surface area contributed by atoms with Crippen molar-refractivity contribution < 1.29 is 19.4 Å². The van der Waals surface area contributed by atoms with Crippen LogP contribution in [0.1, 0.15) is 61.3 Å². The van der Waals surface area contributed by atoms with Gasteiger partial charge in [0, 0.05) is 5.92 Å². The molecule has 0 unspecified atom stereocenters. The molecule has 5 nitrogen and oxygen atoms in total. The molecule has 1 amide bonds. The minimum Gasteiger partial charge on any atom is -0.508 e. The second-order valence-corrected chi connectivity index (χ2v) is 10.6. The Morgan fingerprint density at radius 3 is 2.34 bits per heavy atom. The van der Waals surface area contributed by atoms with Gasteiger partial charge in [0.05, 0.1) is 13.1 Å². The molecule has 182 valence electrons. The van der Waals surface area contributed by atoms with Crippen LogP contribution in [0, 0.1) is 0 Å². The summed E-state index contributed by atoms with van der Waals surface area (Å²) in [6, 6.07) is 24.9. The number of fused-ring (bicyclic) bond motifs is 1. The Hall–Kier alpha value is -3.47. The highest BCUT2D eigenvalue weighted by atomic mass is 16.6. The molecular weight excluding hydrogens is 438 g/mol. The number of rotatable bonds is 4. The monoisotopic (exact) mass is 471 g/mol. The van der Waals surface area contributed by atoms with Crippen LogP contribution in [0.4, 0.5) is 4.79 Å². The Morgan fingerprint density at radius 1 is 0.943 bits per heavy atom. The molecule has 2 aliphatic rings. The maximum Gasteiger partial charge on any atom is 0.410 e. The Bertz CT molecular complexity index is 1180. The molecule has 0 spiro atoms. The van der Waals surface area contributed by atoms with E-state index in [0.717, 1.165) is 18.6 Å². The Labute approximate surface area is 207 Å². The Kier molecular flexibility index (Phi) is 6.18. The number of hydrogen-bond donors (Lipinski definition) is 1. The summed E-state index contributed by atoms with van der Waals surface area (Å²) in [7, 11) is 0. The molecule has 5 heteroatoms. The number of hydrogen-bond acceptors (Lipinski definition) is 4. The molecule has 0 saturated carbocycles. The number of likely N-dealkylation sites (tertiary alicyclic amines) is 1. The molecule has 3 aromatic carbocycles. The first-order chi connectivity index (χ1) is 16.8. The second-order valence-electron chi connectivity index (χ2n) is 10.6. The molecule has 0 bridgehead atoms. The lowest BCUT2D eigenvalue weighted by Crippen LogP contribution is -2.57. The van der Waals surface area contributed by atoms with Crippen LogP contribution >= 0.6 is 0 Å². The number of benzene rings is 3. The predicted molar refractivity (Wildman–Crippen MR) is 136 cm³/mol. The van der Waals surface area contributed by atoms with Crippen LogP contribution in [0.5, 0.6) is 11.5 Å². The van der Waals surface area contributed by atoms with Gasteiger partial charge >= 0.3 is 6.09 Å². The van der Waals surface area contributed by atoms with Gasteiger partial charge in [0.2, 0.25) is 0 Å². The minimum atomic E-state index is -0.493. The number of phenolic OH excluding ortho intramolecular Hbond substituents is 1. The van der Waals surface area contributed by atoms with E-state index >= 15 is 0 Å². The molecule has 5 rings (SSSR count). The minimum absolute atomic E-state index is 0.0242. The van der Waals surface area contributed by atoms with Gasteiger partial charge in [0.25, 0.3) is 0 Å². The molecule has 35 heavy (non-hydrogen) atoms. The van der Waals surface area contributed by atoms with Crippen LogP contribution < -0.4 is 4.74 Å². The summed E-state index contributed by atoms with van der Waals surface area (Å²) in [5.74, 6) is 1.71. The molecule has 1 heterocycles. The van der Waals surface area contributed by atoms with Gasteiger partial charge in [0.1, 0.15) is 23.2 Å². The van der Waals surface area contributed by atoms with E-state index in [1.165, 1.54) is 22.3 Å². The summed E-state index contributed by atoms with van der Waals surface area (Å²) >= 11 is 0. The normalized spacial score (nSPS) is 20.0. The third-order valence-electron chi connectivity index (χ3n) is 6.86. The fourth-order valence-electron chi connectivity index (χ4n) is 5.21. The number of ether oxygens (including phenoxy) is 2. The van der Waals surface area contributed by atoms with Crippen molar-refractivity contribution in [1.29, 1.82) is 0 Å². The van der Waals surface area contributed by atoms with Crippen LogP contribution in [0.15, 0.2) is 72.8 Å². The van der Waals surface area contributed by atoms with Gasteiger partial charge in [0.15, 0.2) is 0 Å². The average molecular weight is 472 g/mol. The van der Waals surface area contributed by atoms with Gasteiger partial charge in [-0.05, 0) is 86.1 Å². The molecule has 1 saturated heterocycles. The van der Waals surface area contributed by atoms with Crippen molar-refractivity contribution in [3.8, 4) is 11.5 Å². The molecule has 3 aromatic rings. The highest BCUT2D eigenvalue weighted by Crippen LogP contribution is 2.47. The third-order valence-corrected chi connectivity index (χ3v) is 6.86. The highest BCUT2D eigenvalue weighted by Gasteiger charge is 2.35. The summed E-state index contributed by atoms with van der Waals surface area (Å²) in [5.41, 5.74) is 4.59. The van der Waals surface area contributed by atoms with Crippen LogP contribution in [0.3, 0.4) is 0 Å².